The number of carbonyl (C=O) groups excluding carboxylic acids is 2. The van der Waals surface area contributed by atoms with Crippen molar-refractivity contribution in [2.75, 3.05) is 44.2 Å². The highest BCUT2D eigenvalue weighted by Crippen LogP contribution is 2.33. The van der Waals surface area contributed by atoms with Crippen molar-refractivity contribution in [1.29, 1.82) is 0 Å². The fourth-order valence-corrected chi connectivity index (χ4v) is 3.72. The van der Waals surface area contributed by atoms with E-state index in [1.54, 1.807) is 9.80 Å². The van der Waals surface area contributed by atoms with E-state index in [4.69, 9.17) is 0 Å². The third kappa shape index (κ3) is 4.28. The van der Waals surface area contributed by atoms with Gasteiger partial charge >= 0.3 is 0 Å². The molecule has 28 heavy (non-hydrogen) atoms. The smallest absolute Gasteiger partial charge is 0.276 e. The summed E-state index contributed by atoms with van der Waals surface area (Å²) in [6.45, 7) is 7.07. The molecular formula is C19H25F2N5O2. The van der Waals surface area contributed by atoms with Gasteiger partial charge in [-0.25, -0.2) is 18.7 Å². The number of anilines is 1. The summed E-state index contributed by atoms with van der Waals surface area (Å²) in [4.78, 5) is 38.5. The Labute approximate surface area is 163 Å². The maximum atomic E-state index is 13.5. The molecule has 0 radical (unpaired) electrons. The number of piperazine rings is 1. The Bertz CT molecular complexity index is 736. The van der Waals surface area contributed by atoms with Crippen LogP contribution in [0.5, 0.6) is 0 Å². The van der Waals surface area contributed by atoms with Gasteiger partial charge in [0, 0.05) is 57.6 Å². The number of halogens is 2. The zero-order valence-corrected chi connectivity index (χ0v) is 16.0. The molecule has 2 amide bonds. The van der Waals surface area contributed by atoms with Gasteiger partial charge in [0.05, 0.1) is 0 Å². The van der Waals surface area contributed by atoms with Crippen molar-refractivity contribution in [1.82, 2.24) is 19.8 Å². The SMILES string of the molecule is C=CC(=O)N1CCN(c2nccnc2C(=O)N2CCC(C(C)(F)F)CC2)CC1. The minimum atomic E-state index is -2.73. The standard InChI is InChI=1S/C19H25F2N5O2/c1-3-15(27)24-10-12-25(13-11-24)17-16(22-6-7-23-17)18(28)26-8-4-14(5-9-26)19(2,20)21/h3,6-7,14H,1,4-5,8-13H2,2H3. The monoisotopic (exact) mass is 393 g/mol. The van der Waals surface area contributed by atoms with E-state index in [2.05, 4.69) is 16.5 Å². The molecule has 0 unspecified atom stereocenters. The van der Waals surface area contributed by atoms with Gasteiger partial charge in [0.25, 0.3) is 5.91 Å². The van der Waals surface area contributed by atoms with E-state index in [0.29, 0.717) is 32.0 Å². The molecule has 0 saturated carbocycles. The van der Waals surface area contributed by atoms with Crippen molar-refractivity contribution < 1.29 is 18.4 Å². The van der Waals surface area contributed by atoms with Crippen molar-refractivity contribution in [3.8, 4) is 0 Å². The van der Waals surface area contributed by atoms with Gasteiger partial charge in [-0.3, -0.25) is 9.59 Å². The molecule has 0 aliphatic carbocycles. The van der Waals surface area contributed by atoms with Crippen LogP contribution in [0.1, 0.15) is 30.3 Å². The molecule has 1 aromatic heterocycles. The first kappa shape index (κ1) is 20.2. The fraction of sp³-hybridized carbons (Fsp3) is 0.579. The lowest BCUT2D eigenvalue weighted by Crippen LogP contribution is -2.49. The minimum absolute atomic E-state index is 0.120. The van der Waals surface area contributed by atoms with Crippen LogP contribution in [-0.4, -0.2) is 76.8 Å². The number of rotatable bonds is 4. The maximum absolute atomic E-state index is 13.5. The lowest BCUT2D eigenvalue weighted by molar-refractivity contribution is -0.126. The molecule has 0 bridgehead atoms. The second-order valence-electron chi connectivity index (χ2n) is 7.27. The van der Waals surface area contributed by atoms with E-state index >= 15 is 0 Å². The average Bonchev–Trinajstić information content (AvgIpc) is 2.72. The molecule has 2 aliphatic heterocycles. The summed E-state index contributed by atoms with van der Waals surface area (Å²) >= 11 is 0. The Kier molecular flexibility index (Phi) is 5.90. The van der Waals surface area contributed by atoms with Crippen LogP contribution >= 0.6 is 0 Å². The summed E-state index contributed by atoms with van der Waals surface area (Å²) in [5.41, 5.74) is 0.229. The molecule has 2 saturated heterocycles. The predicted molar refractivity (Wildman–Crippen MR) is 100 cm³/mol. The summed E-state index contributed by atoms with van der Waals surface area (Å²) in [5, 5.41) is 0. The average molecular weight is 393 g/mol. The highest BCUT2D eigenvalue weighted by atomic mass is 19.3. The lowest BCUT2D eigenvalue weighted by Gasteiger charge is -2.37. The number of nitrogens with zero attached hydrogens (tertiary/aromatic N) is 5. The first-order valence-electron chi connectivity index (χ1n) is 9.45. The maximum Gasteiger partial charge on any atom is 0.276 e. The quantitative estimate of drug-likeness (QED) is 0.730. The number of piperidine rings is 1. The highest BCUT2D eigenvalue weighted by molar-refractivity contribution is 5.97. The zero-order valence-electron chi connectivity index (χ0n) is 16.0. The number of likely N-dealkylation sites (tertiary alicyclic amines) is 1. The molecule has 1 aromatic rings. The van der Waals surface area contributed by atoms with Crippen molar-refractivity contribution in [3.63, 3.8) is 0 Å². The Hall–Kier alpha value is -2.58. The van der Waals surface area contributed by atoms with Gasteiger partial charge in [0.1, 0.15) is 0 Å². The van der Waals surface area contributed by atoms with Crippen LogP contribution in [0.25, 0.3) is 0 Å². The summed E-state index contributed by atoms with van der Waals surface area (Å²) in [6.07, 6.45) is 4.81. The van der Waals surface area contributed by atoms with Gasteiger partial charge in [-0.15, -0.1) is 0 Å². The van der Waals surface area contributed by atoms with Crippen LogP contribution in [0.4, 0.5) is 14.6 Å². The van der Waals surface area contributed by atoms with Crippen molar-refractivity contribution in [2.45, 2.75) is 25.7 Å². The third-order valence-electron chi connectivity index (χ3n) is 5.45. The summed E-state index contributed by atoms with van der Waals surface area (Å²) in [5.74, 6) is -3.36. The van der Waals surface area contributed by atoms with Gasteiger partial charge in [-0.1, -0.05) is 6.58 Å². The van der Waals surface area contributed by atoms with Gasteiger partial charge in [0.2, 0.25) is 11.8 Å². The normalized spacial score (nSPS) is 18.9. The second kappa shape index (κ2) is 8.20. The van der Waals surface area contributed by atoms with Crippen molar-refractivity contribution >= 4 is 17.6 Å². The third-order valence-corrected chi connectivity index (χ3v) is 5.45. The Morgan fingerprint density at radius 3 is 2.25 bits per heavy atom. The first-order valence-corrected chi connectivity index (χ1v) is 9.45. The molecule has 2 aliphatic rings. The number of aromatic nitrogens is 2. The van der Waals surface area contributed by atoms with Gasteiger partial charge in [0.15, 0.2) is 11.5 Å². The second-order valence-corrected chi connectivity index (χ2v) is 7.27. The van der Waals surface area contributed by atoms with Crippen molar-refractivity contribution in [3.05, 3.63) is 30.7 Å². The van der Waals surface area contributed by atoms with E-state index in [1.165, 1.54) is 18.5 Å². The van der Waals surface area contributed by atoms with E-state index in [1.807, 2.05) is 4.90 Å². The summed E-state index contributed by atoms with van der Waals surface area (Å²) in [7, 11) is 0. The molecule has 0 N–H and O–H groups in total. The van der Waals surface area contributed by atoms with Gasteiger partial charge in [-0.05, 0) is 25.8 Å². The van der Waals surface area contributed by atoms with Gasteiger partial charge in [-0.2, -0.15) is 0 Å². The molecule has 3 heterocycles. The topological polar surface area (TPSA) is 69.6 Å². The zero-order chi connectivity index (χ0) is 20.3. The van der Waals surface area contributed by atoms with E-state index < -0.39 is 11.8 Å². The number of alkyl halides is 2. The molecular weight excluding hydrogens is 368 g/mol. The van der Waals surface area contributed by atoms with Crippen LogP contribution in [-0.2, 0) is 4.79 Å². The molecule has 2 fully saturated rings. The van der Waals surface area contributed by atoms with Crippen LogP contribution in [0.3, 0.4) is 0 Å². The molecule has 0 atom stereocenters. The van der Waals surface area contributed by atoms with E-state index in [9.17, 15) is 18.4 Å². The largest absolute Gasteiger partial charge is 0.351 e. The Morgan fingerprint density at radius 1 is 1.07 bits per heavy atom. The van der Waals surface area contributed by atoms with E-state index in [-0.39, 0.29) is 43.4 Å². The molecule has 3 rings (SSSR count). The van der Waals surface area contributed by atoms with Crippen molar-refractivity contribution in [2.24, 2.45) is 5.92 Å². The number of hydrogen-bond acceptors (Lipinski definition) is 5. The Morgan fingerprint density at radius 2 is 1.68 bits per heavy atom. The summed E-state index contributed by atoms with van der Waals surface area (Å²) in [6, 6.07) is 0. The van der Waals surface area contributed by atoms with E-state index in [0.717, 1.165) is 6.92 Å². The molecule has 152 valence electrons. The predicted octanol–water partition coefficient (Wildman–Crippen LogP) is 1.82. The van der Waals surface area contributed by atoms with Gasteiger partial charge < -0.3 is 14.7 Å². The van der Waals surface area contributed by atoms with Crippen LogP contribution in [0, 0.1) is 5.92 Å². The molecule has 0 spiro atoms. The number of carbonyl (C=O) groups is 2. The van der Waals surface area contributed by atoms with Crippen LogP contribution in [0.2, 0.25) is 0 Å². The van der Waals surface area contributed by atoms with Crippen LogP contribution < -0.4 is 4.90 Å². The minimum Gasteiger partial charge on any atom is -0.351 e. The Balaban J connectivity index is 1.68. The molecule has 9 heteroatoms. The first-order chi connectivity index (χ1) is 13.3. The summed E-state index contributed by atoms with van der Waals surface area (Å²) < 4.78 is 27.0. The lowest BCUT2D eigenvalue weighted by atomic mass is 9.91. The molecule has 7 nitrogen and oxygen atoms in total. The fourth-order valence-electron chi connectivity index (χ4n) is 3.72. The highest BCUT2D eigenvalue weighted by Gasteiger charge is 2.38. The number of amides is 2. The van der Waals surface area contributed by atoms with Crippen LogP contribution in [0.15, 0.2) is 25.0 Å². The molecule has 0 aromatic carbocycles. The number of hydrogen-bond donors (Lipinski definition) is 0.